The Hall–Kier alpha value is -0.770. The molecule has 1 aliphatic rings. The van der Waals surface area contributed by atoms with Crippen molar-refractivity contribution in [2.45, 2.75) is 91.8 Å². The fourth-order valence-electron chi connectivity index (χ4n) is 3.26. The Morgan fingerprint density at radius 3 is 1.96 bits per heavy atom. The molecule has 1 saturated heterocycles. The molecule has 1 amide bonds. The van der Waals surface area contributed by atoms with Crippen LogP contribution < -0.4 is 5.32 Å². The lowest BCUT2D eigenvalue weighted by atomic mass is 9.93. The summed E-state index contributed by atoms with van der Waals surface area (Å²) in [5.74, 6) is 1.43. The predicted molar refractivity (Wildman–Crippen MR) is 96.7 cm³/mol. The summed E-state index contributed by atoms with van der Waals surface area (Å²) in [6.07, 6.45) is 4.32. The first-order valence-corrected chi connectivity index (χ1v) is 9.30. The molecule has 0 bridgehead atoms. The van der Waals surface area contributed by atoms with Crippen LogP contribution >= 0.6 is 0 Å². The van der Waals surface area contributed by atoms with E-state index in [2.05, 4.69) is 33.0 Å². The molecule has 4 heteroatoms. The van der Waals surface area contributed by atoms with Gasteiger partial charge in [-0.15, -0.1) is 0 Å². The van der Waals surface area contributed by atoms with E-state index in [0.29, 0.717) is 23.9 Å². The molecule has 0 unspecified atom stereocenters. The molecule has 0 saturated carbocycles. The molecule has 0 spiro atoms. The third kappa shape index (κ3) is 8.59. The molecule has 4 nitrogen and oxygen atoms in total. The Labute approximate surface area is 143 Å². The number of hydrogen-bond donors (Lipinski definition) is 1. The lowest BCUT2D eigenvalue weighted by Crippen LogP contribution is -2.49. The summed E-state index contributed by atoms with van der Waals surface area (Å²) in [6, 6.07) is 1.12. The number of carbonyl (C=O) groups excluding carboxylic acids is 1. The Bertz CT molecular complexity index is 343. The monoisotopic (exact) mass is 326 g/mol. The van der Waals surface area contributed by atoms with Gasteiger partial charge in [0.2, 0.25) is 0 Å². The average Bonchev–Trinajstić information content (AvgIpc) is 2.35. The van der Waals surface area contributed by atoms with Gasteiger partial charge in [-0.3, -0.25) is 0 Å². The molecule has 136 valence electrons. The fraction of sp³-hybridized carbons (Fsp3) is 0.947. The Morgan fingerprint density at radius 1 is 1.09 bits per heavy atom. The first kappa shape index (κ1) is 20.3. The van der Waals surface area contributed by atoms with E-state index in [0.717, 1.165) is 25.9 Å². The lowest BCUT2D eigenvalue weighted by Gasteiger charge is -2.36. The third-order valence-corrected chi connectivity index (χ3v) is 4.13. The lowest BCUT2D eigenvalue weighted by molar-refractivity contribution is 0.0194. The van der Waals surface area contributed by atoms with Crippen molar-refractivity contribution < 1.29 is 9.53 Å². The van der Waals surface area contributed by atoms with Gasteiger partial charge in [0, 0.05) is 25.2 Å². The molecule has 0 aromatic heterocycles. The quantitative estimate of drug-likeness (QED) is 0.785. The van der Waals surface area contributed by atoms with Crippen LogP contribution in [0.25, 0.3) is 0 Å². The first-order chi connectivity index (χ1) is 10.6. The minimum absolute atomic E-state index is 0.170. The fourth-order valence-corrected chi connectivity index (χ4v) is 3.26. The number of nitrogens with one attached hydrogen (secondary N) is 1. The zero-order chi connectivity index (χ0) is 17.6. The highest BCUT2D eigenvalue weighted by Gasteiger charge is 2.28. The van der Waals surface area contributed by atoms with Crippen molar-refractivity contribution in [2.24, 2.45) is 11.8 Å². The maximum absolute atomic E-state index is 12.1. The number of piperidine rings is 1. The van der Waals surface area contributed by atoms with Crippen molar-refractivity contribution in [3.63, 3.8) is 0 Å². The van der Waals surface area contributed by atoms with Crippen molar-refractivity contribution in [1.29, 1.82) is 0 Å². The summed E-state index contributed by atoms with van der Waals surface area (Å²) in [5, 5.41) is 3.85. The number of nitrogens with zero attached hydrogens (tertiary/aromatic N) is 1. The number of amides is 1. The zero-order valence-electron chi connectivity index (χ0n) is 16.3. The molecular weight excluding hydrogens is 288 g/mol. The second-order valence-electron chi connectivity index (χ2n) is 8.86. The van der Waals surface area contributed by atoms with E-state index in [4.69, 9.17) is 4.74 Å². The molecule has 0 aromatic rings. The van der Waals surface area contributed by atoms with Crippen LogP contribution in [-0.2, 0) is 4.74 Å². The molecule has 0 aliphatic carbocycles. The van der Waals surface area contributed by atoms with E-state index in [-0.39, 0.29) is 6.09 Å². The SMILES string of the molecule is CC(C)CC(CC(C)C)NC1CCN(C(=O)OC(C)(C)C)CC1. The number of rotatable bonds is 6. The highest BCUT2D eigenvalue weighted by atomic mass is 16.6. The van der Waals surface area contributed by atoms with Crippen molar-refractivity contribution >= 4 is 6.09 Å². The molecule has 0 atom stereocenters. The second kappa shape index (κ2) is 8.91. The number of hydrogen-bond acceptors (Lipinski definition) is 3. The molecule has 23 heavy (non-hydrogen) atoms. The Kier molecular flexibility index (Phi) is 7.85. The topological polar surface area (TPSA) is 41.6 Å². The molecular formula is C19H38N2O2. The van der Waals surface area contributed by atoms with E-state index in [1.54, 1.807) is 0 Å². The van der Waals surface area contributed by atoms with Gasteiger partial charge in [0.25, 0.3) is 0 Å². The summed E-state index contributed by atoms with van der Waals surface area (Å²) in [7, 11) is 0. The van der Waals surface area contributed by atoms with Crippen LogP contribution in [0, 0.1) is 11.8 Å². The average molecular weight is 327 g/mol. The van der Waals surface area contributed by atoms with Crippen LogP contribution in [0.4, 0.5) is 4.79 Å². The van der Waals surface area contributed by atoms with Crippen molar-refractivity contribution in [3.8, 4) is 0 Å². The molecule has 1 heterocycles. The van der Waals surface area contributed by atoms with Gasteiger partial charge in [0.05, 0.1) is 0 Å². The van der Waals surface area contributed by atoms with Crippen molar-refractivity contribution in [1.82, 2.24) is 10.2 Å². The van der Waals surface area contributed by atoms with Crippen molar-refractivity contribution in [2.75, 3.05) is 13.1 Å². The van der Waals surface area contributed by atoms with E-state index in [1.807, 2.05) is 25.7 Å². The number of likely N-dealkylation sites (tertiary alicyclic amines) is 1. The molecule has 0 aromatic carbocycles. The molecule has 1 aliphatic heterocycles. The van der Waals surface area contributed by atoms with Gasteiger partial charge in [-0.1, -0.05) is 27.7 Å². The summed E-state index contributed by atoms with van der Waals surface area (Å²) >= 11 is 0. The van der Waals surface area contributed by atoms with Gasteiger partial charge in [0.1, 0.15) is 5.60 Å². The molecule has 1 N–H and O–H groups in total. The highest BCUT2D eigenvalue weighted by Crippen LogP contribution is 2.19. The second-order valence-corrected chi connectivity index (χ2v) is 8.86. The van der Waals surface area contributed by atoms with E-state index in [9.17, 15) is 4.79 Å². The largest absolute Gasteiger partial charge is 0.444 e. The minimum atomic E-state index is -0.411. The summed E-state index contributed by atoms with van der Waals surface area (Å²) in [6.45, 7) is 16.5. The Morgan fingerprint density at radius 2 is 1.57 bits per heavy atom. The van der Waals surface area contributed by atoms with E-state index >= 15 is 0 Å². The first-order valence-electron chi connectivity index (χ1n) is 9.30. The third-order valence-electron chi connectivity index (χ3n) is 4.13. The number of carbonyl (C=O) groups is 1. The van der Waals surface area contributed by atoms with Gasteiger partial charge in [0.15, 0.2) is 0 Å². The maximum Gasteiger partial charge on any atom is 0.410 e. The highest BCUT2D eigenvalue weighted by molar-refractivity contribution is 5.68. The molecule has 0 radical (unpaired) electrons. The normalized spacial score (nSPS) is 17.4. The van der Waals surface area contributed by atoms with Crippen LogP contribution in [0.3, 0.4) is 0 Å². The molecule has 1 fully saturated rings. The van der Waals surface area contributed by atoms with E-state index in [1.165, 1.54) is 12.8 Å². The molecule has 1 rings (SSSR count). The maximum atomic E-state index is 12.1. The summed E-state index contributed by atoms with van der Waals surface area (Å²) in [5.41, 5.74) is -0.411. The van der Waals surface area contributed by atoms with Gasteiger partial charge in [-0.2, -0.15) is 0 Å². The van der Waals surface area contributed by atoms with Gasteiger partial charge in [-0.25, -0.2) is 4.79 Å². The van der Waals surface area contributed by atoms with Gasteiger partial charge >= 0.3 is 6.09 Å². The minimum Gasteiger partial charge on any atom is -0.444 e. The van der Waals surface area contributed by atoms with Crippen LogP contribution in [0.5, 0.6) is 0 Å². The summed E-state index contributed by atoms with van der Waals surface area (Å²) < 4.78 is 5.47. The standard InChI is InChI=1S/C19H38N2O2/c1-14(2)12-17(13-15(3)4)20-16-8-10-21(11-9-16)18(22)23-19(5,6)7/h14-17,20H,8-13H2,1-7H3. The smallest absolute Gasteiger partial charge is 0.410 e. The Balaban J connectivity index is 2.43. The van der Waals surface area contributed by atoms with E-state index < -0.39 is 5.60 Å². The van der Waals surface area contributed by atoms with Crippen LogP contribution in [-0.4, -0.2) is 41.8 Å². The van der Waals surface area contributed by atoms with Crippen LogP contribution in [0.15, 0.2) is 0 Å². The summed E-state index contributed by atoms with van der Waals surface area (Å²) in [4.78, 5) is 14.0. The number of ether oxygens (including phenoxy) is 1. The van der Waals surface area contributed by atoms with Crippen LogP contribution in [0.2, 0.25) is 0 Å². The van der Waals surface area contributed by atoms with Gasteiger partial charge in [-0.05, 0) is 58.3 Å². The van der Waals surface area contributed by atoms with Crippen molar-refractivity contribution in [3.05, 3.63) is 0 Å². The zero-order valence-corrected chi connectivity index (χ0v) is 16.3. The van der Waals surface area contributed by atoms with Crippen LogP contribution in [0.1, 0.15) is 74.1 Å². The predicted octanol–water partition coefficient (Wildman–Crippen LogP) is 4.44. The van der Waals surface area contributed by atoms with Gasteiger partial charge < -0.3 is 15.0 Å².